The van der Waals surface area contributed by atoms with E-state index in [9.17, 15) is 18.5 Å². The van der Waals surface area contributed by atoms with E-state index in [0.29, 0.717) is 10.5 Å². The standard InChI is InChI=1S/C16H21N3O4S3/c1-2-11-24-19(12-7-4-3-5-8-12)26(22,23)16-17-15-13(18(20)21)9-6-10-14(15)25-16/h6,9-10,12H,2-5,7-8,11H2,1H3. The Labute approximate surface area is 161 Å². The number of sulfonamides is 1. The van der Waals surface area contributed by atoms with Crippen molar-refractivity contribution in [2.45, 2.75) is 55.8 Å². The molecule has 0 unspecified atom stereocenters. The molecule has 142 valence electrons. The molecule has 1 aromatic carbocycles. The number of nitro groups is 1. The van der Waals surface area contributed by atoms with Crippen LogP contribution in [-0.2, 0) is 10.0 Å². The first kappa shape index (κ1) is 19.5. The minimum absolute atomic E-state index is 0.0349. The predicted octanol–water partition coefficient (Wildman–Crippen LogP) is 4.59. The van der Waals surface area contributed by atoms with Gasteiger partial charge in [-0.05, 0) is 25.3 Å². The summed E-state index contributed by atoms with van der Waals surface area (Å²) in [6.07, 6.45) is 5.75. The average molecular weight is 416 g/mol. The van der Waals surface area contributed by atoms with E-state index in [-0.39, 0.29) is 21.6 Å². The summed E-state index contributed by atoms with van der Waals surface area (Å²) >= 11 is 2.33. The van der Waals surface area contributed by atoms with Gasteiger partial charge in [0.2, 0.25) is 4.34 Å². The highest BCUT2D eigenvalue weighted by molar-refractivity contribution is 8.09. The van der Waals surface area contributed by atoms with Crippen molar-refractivity contribution >= 4 is 49.2 Å². The van der Waals surface area contributed by atoms with E-state index >= 15 is 0 Å². The van der Waals surface area contributed by atoms with Gasteiger partial charge in [0.15, 0.2) is 5.52 Å². The smallest absolute Gasteiger partial charge is 0.258 e. The fourth-order valence-electron chi connectivity index (χ4n) is 3.09. The van der Waals surface area contributed by atoms with E-state index < -0.39 is 14.9 Å². The Morgan fingerprint density at radius 1 is 1.35 bits per heavy atom. The Morgan fingerprint density at radius 2 is 2.08 bits per heavy atom. The van der Waals surface area contributed by atoms with Gasteiger partial charge in [0, 0.05) is 17.9 Å². The van der Waals surface area contributed by atoms with E-state index in [2.05, 4.69) is 4.98 Å². The summed E-state index contributed by atoms with van der Waals surface area (Å²) in [7, 11) is -3.80. The molecule has 1 aromatic heterocycles. The van der Waals surface area contributed by atoms with Gasteiger partial charge in [0.1, 0.15) is 0 Å². The molecule has 1 aliphatic carbocycles. The van der Waals surface area contributed by atoms with Crippen molar-refractivity contribution in [2.75, 3.05) is 5.75 Å². The molecule has 10 heteroatoms. The van der Waals surface area contributed by atoms with E-state index in [1.165, 1.54) is 21.7 Å². The molecule has 0 aliphatic heterocycles. The molecule has 0 amide bonds. The molecule has 0 spiro atoms. The topological polar surface area (TPSA) is 93.4 Å². The Kier molecular flexibility index (Phi) is 6.16. The van der Waals surface area contributed by atoms with Crippen molar-refractivity contribution in [2.24, 2.45) is 0 Å². The number of aromatic nitrogens is 1. The van der Waals surface area contributed by atoms with Gasteiger partial charge in [-0.1, -0.05) is 44.2 Å². The van der Waals surface area contributed by atoms with Gasteiger partial charge in [0.25, 0.3) is 15.7 Å². The van der Waals surface area contributed by atoms with Crippen LogP contribution in [0.1, 0.15) is 45.4 Å². The molecule has 0 bridgehead atoms. The fourth-order valence-corrected chi connectivity index (χ4v) is 7.62. The lowest BCUT2D eigenvalue weighted by atomic mass is 9.96. The molecule has 0 radical (unpaired) electrons. The molecule has 0 atom stereocenters. The number of fused-ring (bicyclic) bond motifs is 1. The second-order valence-electron chi connectivity index (χ2n) is 6.25. The average Bonchev–Trinajstić information content (AvgIpc) is 3.07. The second-order valence-corrected chi connectivity index (χ2v) is 10.6. The molecule has 1 fully saturated rings. The van der Waals surface area contributed by atoms with Crippen LogP contribution in [0.2, 0.25) is 0 Å². The first-order valence-electron chi connectivity index (χ1n) is 8.66. The highest BCUT2D eigenvalue weighted by Gasteiger charge is 2.35. The number of nitro benzene ring substituents is 1. The van der Waals surface area contributed by atoms with Crippen LogP contribution >= 0.6 is 23.3 Å². The zero-order valence-corrected chi connectivity index (χ0v) is 16.9. The van der Waals surface area contributed by atoms with Crippen molar-refractivity contribution in [3.05, 3.63) is 28.3 Å². The molecule has 0 N–H and O–H groups in total. The maximum atomic E-state index is 13.3. The third kappa shape index (κ3) is 3.88. The second kappa shape index (κ2) is 8.20. The first-order chi connectivity index (χ1) is 12.4. The van der Waals surface area contributed by atoms with Crippen molar-refractivity contribution in [3.8, 4) is 0 Å². The SMILES string of the molecule is CCCSN(C1CCCCC1)S(=O)(=O)c1nc2c([N+](=O)[O-])cccc2s1. The number of hydrogen-bond donors (Lipinski definition) is 0. The number of nitrogens with zero attached hydrogens (tertiary/aromatic N) is 3. The number of thiazole rings is 1. The Balaban J connectivity index is 2.02. The van der Waals surface area contributed by atoms with Crippen molar-refractivity contribution in [1.29, 1.82) is 0 Å². The third-order valence-corrected chi connectivity index (χ3v) is 9.38. The maximum absolute atomic E-state index is 13.3. The summed E-state index contributed by atoms with van der Waals surface area (Å²) in [6, 6.07) is 4.54. The molecule has 3 rings (SSSR count). The lowest BCUT2D eigenvalue weighted by Gasteiger charge is -2.31. The molecule has 1 aliphatic rings. The summed E-state index contributed by atoms with van der Waals surface area (Å²) in [6.45, 7) is 2.01. The summed E-state index contributed by atoms with van der Waals surface area (Å²) in [5.41, 5.74) is -0.0178. The van der Waals surface area contributed by atoms with Crippen LogP contribution in [0.5, 0.6) is 0 Å². The quantitative estimate of drug-likeness (QED) is 0.373. The minimum atomic E-state index is -3.80. The normalized spacial score (nSPS) is 16.4. The highest BCUT2D eigenvalue weighted by Crippen LogP contribution is 2.37. The van der Waals surface area contributed by atoms with Gasteiger partial charge in [-0.2, -0.15) is 0 Å². The van der Waals surface area contributed by atoms with Crippen LogP contribution in [0, 0.1) is 10.1 Å². The third-order valence-electron chi connectivity index (χ3n) is 4.33. The summed E-state index contributed by atoms with van der Waals surface area (Å²) in [5, 5.41) is 11.2. The predicted molar refractivity (Wildman–Crippen MR) is 105 cm³/mol. The molecule has 0 saturated heterocycles. The number of non-ortho nitro benzene ring substituents is 1. The molecule has 1 saturated carbocycles. The van der Waals surface area contributed by atoms with Crippen LogP contribution in [0.3, 0.4) is 0 Å². The van der Waals surface area contributed by atoms with E-state index in [1.54, 1.807) is 12.1 Å². The van der Waals surface area contributed by atoms with Crippen molar-refractivity contribution < 1.29 is 13.3 Å². The summed E-state index contributed by atoms with van der Waals surface area (Å²) in [5.74, 6) is 0.709. The summed E-state index contributed by atoms with van der Waals surface area (Å²) < 4.78 is 28.5. The van der Waals surface area contributed by atoms with Gasteiger partial charge < -0.3 is 0 Å². The maximum Gasteiger partial charge on any atom is 0.296 e. The van der Waals surface area contributed by atoms with Crippen LogP contribution in [0.25, 0.3) is 10.2 Å². The molecule has 7 nitrogen and oxygen atoms in total. The largest absolute Gasteiger partial charge is 0.296 e. The number of rotatable bonds is 7. The fraction of sp³-hybridized carbons (Fsp3) is 0.562. The van der Waals surface area contributed by atoms with Crippen LogP contribution in [0.4, 0.5) is 5.69 Å². The Bertz CT molecular complexity index is 891. The van der Waals surface area contributed by atoms with Crippen LogP contribution in [-0.4, -0.2) is 33.8 Å². The van der Waals surface area contributed by atoms with E-state index in [1.807, 2.05) is 6.92 Å². The van der Waals surface area contributed by atoms with E-state index in [0.717, 1.165) is 49.9 Å². The minimum Gasteiger partial charge on any atom is -0.258 e. The monoisotopic (exact) mass is 415 g/mol. The molecule has 26 heavy (non-hydrogen) atoms. The highest BCUT2D eigenvalue weighted by atomic mass is 32.3. The van der Waals surface area contributed by atoms with Crippen molar-refractivity contribution in [3.63, 3.8) is 0 Å². The van der Waals surface area contributed by atoms with Crippen LogP contribution < -0.4 is 0 Å². The van der Waals surface area contributed by atoms with Gasteiger partial charge in [-0.3, -0.25) is 10.1 Å². The Morgan fingerprint density at radius 3 is 2.73 bits per heavy atom. The molecule has 2 aromatic rings. The summed E-state index contributed by atoms with van der Waals surface area (Å²) in [4.78, 5) is 14.8. The molecular formula is C16H21N3O4S3. The van der Waals surface area contributed by atoms with Crippen molar-refractivity contribution in [1.82, 2.24) is 8.69 Å². The molecular weight excluding hydrogens is 394 g/mol. The first-order valence-corrected chi connectivity index (χ1v) is 11.9. The van der Waals surface area contributed by atoms with Crippen LogP contribution in [0.15, 0.2) is 22.5 Å². The Hall–Kier alpha value is -1.23. The van der Waals surface area contributed by atoms with Gasteiger partial charge >= 0.3 is 0 Å². The van der Waals surface area contributed by atoms with Gasteiger partial charge in [-0.15, -0.1) is 15.0 Å². The zero-order chi connectivity index (χ0) is 18.7. The lowest BCUT2D eigenvalue weighted by Crippen LogP contribution is -2.36. The molecule has 1 heterocycles. The van der Waals surface area contributed by atoms with E-state index in [4.69, 9.17) is 0 Å². The number of para-hydroxylation sites is 1. The number of benzene rings is 1. The van der Waals surface area contributed by atoms with Gasteiger partial charge in [-0.25, -0.2) is 13.4 Å². The number of hydrogen-bond acceptors (Lipinski definition) is 7. The lowest BCUT2D eigenvalue weighted by molar-refractivity contribution is -0.383. The van der Waals surface area contributed by atoms with Gasteiger partial charge in [0.05, 0.1) is 9.62 Å². The zero-order valence-electron chi connectivity index (χ0n) is 14.5.